The average molecular weight is 268 g/mol. The number of rotatable bonds is 2. The van der Waals surface area contributed by atoms with E-state index in [1.807, 2.05) is 0 Å². The molecule has 2 atom stereocenters. The maximum Gasteiger partial charge on any atom is 0.308 e. The van der Waals surface area contributed by atoms with Gasteiger partial charge in [0, 0.05) is 4.43 Å². The van der Waals surface area contributed by atoms with Gasteiger partial charge in [-0.2, -0.15) is 0 Å². The van der Waals surface area contributed by atoms with Gasteiger partial charge in [0.2, 0.25) is 0 Å². The molecule has 3 heteroatoms. The van der Waals surface area contributed by atoms with Crippen LogP contribution in [-0.4, -0.2) is 17.5 Å². The van der Waals surface area contributed by atoms with Crippen LogP contribution < -0.4 is 0 Å². The molecule has 0 N–H and O–H groups in total. The van der Waals surface area contributed by atoms with E-state index in [0.29, 0.717) is 0 Å². The van der Waals surface area contributed by atoms with Crippen LogP contribution >= 0.6 is 22.6 Å². The highest BCUT2D eigenvalue weighted by molar-refractivity contribution is 14.1. The molecule has 1 aliphatic rings. The molecule has 11 heavy (non-hydrogen) atoms. The molecule has 1 fully saturated rings. The minimum atomic E-state index is -0.0163. The Bertz CT molecular complexity index is 147. The van der Waals surface area contributed by atoms with Crippen molar-refractivity contribution < 1.29 is 9.53 Å². The van der Waals surface area contributed by atoms with Crippen LogP contribution in [-0.2, 0) is 9.53 Å². The zero-order valence-corrected chi connectivity index (χ0v) is 8.84. The van der Waals surface area contributed by atoms with Gasteiger partial charge in [0.15, 0.2) is 0 Å². The van der Waals surface area contributed by atoms with Gasteiger partial charge in [-0.1, -0.05) is 22.6 Å². The maximum atomic E-state index is 11.1. The molecule has 0 aromatic heterocycles. The van der Waals surface area contributed by atoms with Crippen molar-refractivity contribution in [2.45, 2.75) is 19.3 Å². The number of hydrogen-bond donors (Lipinski definition) is 0. The number of hydrogen-bond acceptors (Lipinski definition) is 2. The number of halogens is 1. The molecule has 1 saturated carbocycles. The highest BCUT2D eigenvalue weighted by Gasteiger charge is 2.29. The van der Waals surface area contributed by atoms with Gasteiger partial charge in [-0.05, 0) is 25.2 Å². The molecular weight excluding hydrogens is 255 g/mol. The first-order chi connectivity index (χ1) is 5.27. The van der Waals surface area contributed by atoms with Crippen LogP contribution in [0.1, 0.15) is 19.3 Å². The fraction of sp³-hybridized carbons (Fsp3) is 0.875. The summed E-state index contributed by atoms with van der Waals surface area (Å²) >= 11 is 2.38. The Balaban J connectivity index is 2.35. The summed E-state index contributed by atoms with van der Waals surface area (Å²) in [5.41, 5.74) is 0. The number of carbonyl (C=O) groups is 1. The second-order valence-electron chi connectivity index (χ2n) is 3.05. The summed E-state index contributed by atoms with van der Waals surface area (Å²) in [6.45, 7) is 0. The van der Waals surface area contributed by atoms with Crippen molar-refractivity contribution in [1.82, 2.24) is 0 Å². The standard InChI is InChI=1S/C8H13IO2/c1-11-8(10)7-3-2-6(4-7)5-9/h6-7H,2-5H2,1H3. The van der Waals surface area contributed by atoms with Crippen LogP contribution in [0.25, 0.3) is 0 Å². The molecule has 2 nitrogen and oxygen atoms in total. The second-order valence-corrected chi connectivity index (χ2v) is 3.93. The number of methoxy groups -OCH3 is 1. The average Bonchev–Trinajstić information content (AvgIpc) is 2.50. The van der Waals surface area contributed by atoms with E-state index in [0.717, 1.165) is 18.8 Å². The zero-order valence-electron chi connectivity index (χ0n) is 6.68. The van der Waals surface area contributed by atoms with Gasteiger partial charge in [0.25, 0.3) is 0 Å². The maximum absolute atomic E-state index is 11.1. The molecule has 0 saturated heterocycles. The smallest absolute Gasteiger partial charge is 0.308 e. The molecule has 0 heterocycles. The van der Waals surface area contributed by atoms with E-state index in [-0.39, 0.29) is 11.9 Å². The Morgan fingerprint density at radius 3 is 2.82 bits per heavy atom. The van der Waals surface area contributed by atoms with Gasteiger partial charge in [0.1, 0.15) is 0 Å². The minimum Gasteiger partial charge on any atom is -0.469 e. The number of alkyl halides is 1. The quantitative estimate of drug-likeness (QED) is 0.435. The van der Waals surface area contributed by atoms with Crippen molar-refractivity contribution in [1.29, 1.82) is 0 Å². The van der Waals surface area contributed by atoms with Gasteiger partial charge in [-0.15, -0.1) is 0 Å². The van der Waals surface area contributed by atoms with Crippen molar-refractivity contribution in [3.05, 3.63) is 0 Å². The lowest BCUT2D eigenvalue weighted by Gasteiger charge is -2.06. The first kappa shape index (κ1) is 9.29. The van der Waals surface area contributed by atoms with Crippen LogP contribution in [0.5, 0.6) is 0 Å². The zero-order chi connectivity index (χ0) is 8.27. The van der Waals surface area contributed by atoms with Crippen molar-refractivity contribution >= 4 is 28.6 Å². The lowest BCUT2D eigenvalue weighted by atomic mass is 10.1. The SMILES string of the molecule is COC(=O)C1CCC(CI)C1. The second kappa shape index (κ2) is 4.28. The topological polar surface area (TPSA) is 26.3 Å². The molecule has 2 unspecified atom stereocenters. The summed E-state index contributed by atoms with van der Waals surface area (Å²) in [6, 6.07) is 0. The molecule has 0 spiro atoms. The number of carbonyl (C=O) groups excluding carboxylic acids is 1. The van der Waals surface area contributed by atoms with Crippen molar-refractivity contribution in [3.63, 3.8) is 0 Å². The fourth-order valence-electron chi connectivity index (χ4n) is 1.60. The molecular formula is C8H13IO2. The van der Waals surface area contributed by atoms with Crippen LogP contribution in [0, 0.1) is 11.8 Å². The van der Waals surface area contributed by atoms with E-state index in [2.05, 4.69) is 27.3 Å². The van der Waals surface area contributed by atoms with E-state index in [9.17, 15) is 4.79 Å². The van der Waals surface area contributed by atoms with Crippen LogP contribution in [0.2, 0.25) is 0 Å². The van der Waals surface area contributed by atoms with E-state index in [4.69, 9.17) is 0 Å². The Hall–Kier alpha value is 0.200. The molecule has 0 aliphatic heterocycles. The Labute approximate surface area is 80.8 Å². The summed E-state index contributed by atoms with van der Waals surface area (Å²) in [5, 5.41) is 0. The summed E-state index contributed by atoms with van der Waals surface area (Å²) in [4.78, 5) is 11.1. The third-order valence-corrected chi connectivity index (χ3v) is 3.54. The molecule has 64 valence electrons. The van der Waals surface area contributed by atoms with Gasteiger partial charge >= 0.3 is 5.97 Å². The van der Waals surface area contributed by atoms with Crippen molar-refractivity contribution in [2.24, 2.45) is 11.8 Å². The fourth-order valence-corrected chi connectivity index (χ4v) is 2.40. The summed E-state index contributed by atoms with van der Waals surface area (Å²) in [6.07, 6.45) is 3.26. The van der Waals surface area contributed by atoms with E-state index >= 15 is 0 Å². The third-order valence-electron chi connectivity index (χ3n) is 2.29. The number of ether oxygens (including phenoxy) is 1. The summed E-state index contributed by atoms with van der Waals surface area (Å²) < 4.78 is 5.86. The summed E-state index contributed by atoms with van der Waals surface area (Å²) in [5.74, 6) is 0.928. The molecule has 1 rings (SSSR count). The predicted octanol–water partition coefficient (Wildman–Crippen LogP) is 2.01. The third kappa shape index (κ3) is 2.32. The Morgan fingerprint density at radius 2 is 2.36 bits per heavy atom. The van der Waals surface area contributed by atoms with Gasteiger partial charge < -0.3 is 4.74 Å². The molecule has 0 bridgehead atoms. The van der Waals surface area contributed by atoms with E-state index in [1.165, 1.54) is 18.0 Å². The minimum absolute atomic E-state index is 0.0163. The molecule has 0 aromatic rings. The molecule has 1 aliphatic carbocycles. The van der Waals surface area contributed by atoms with E-state index in [1.54, 1.807) is 0 Å². The molecule has 0 radical (unpaired) electrons. The van der Waals surface area contributed by atoms with Gasteiger partial charge in [-0.25, -0.2) is 0 Å². The normalized spacial score (nSPS) is 30.4. The molecule has 0 aromatic carbocycles. The Morgan fingerprint density at radius 1 is 1.64 bits per heavy atom. The van der Waals surface area contributed by atoms with Crippen LogP contribution in [0.15, 0.2) is 0 Å². The highest BCUT2D eigenvalue weighted by Crippen LogP contribution is 2.32. The summed E-state index contributed by atoms with van der Waals surface area (Å²) in [7, 11) is 1.47. The van der Waals surface area contributed by atoms with E-state index < -0.39 is 0 Å². The van der Waals surface area contributed by atoms with Crippen molar-refractivity contribution in [3.8, 4) is 0 Å². The van der Waals surface area contributed by atoms with Crippen molar-refractivity contribution in [2.75, 3.05) is 11.5 Å². The monoisotopic (exact) mass is 268 g/mol. The lowest BCUT2D eigenvalue weighted by Crippen LogP contribution is -2.12. The molecule has 0 amide bonds. The highest BCUT2D eigenvalue weighted by atomic mass is 127. The van der Waals surface area contributed by atoms with Crippen LogP contribution in [0.4, 0.5) is 0 Å². The van der Waals surface area contributed by atoms with Crippen LogP contribution in [0.3, 0.4) is 0 Å². The Kier molecular flexibility index (Phi) is 3.62. The first-order valence-electron chi connectivity index (χ1n) is 3.91. The lowest BCUT2D eigenvalue weighted by molar-refractivity contribution is -0.145. The largest absolute Gasteiger partial charge is 0.469 e. The predicted molar refractivity (Wildman–Crippen MR) is 51.7 cm³/mol. The van der Waals surface area contributed by atoms with Gasteiger partial charge in [0.05, 0.1) is 13.0 Å². The number of esters is 1. The van der Waals surface area contributed by atoms with Gasteiger partial charge in [-0.3, -0.25) is 4.79 Å². The first-order valence-corrected chi connectivity index (χ1v) is 5.44.